The summed E-state index contributed by atoms with van der Waals surface area (Å²) in [4.78, 5) is 13.8. The van der Waals surface area contributed by atoms with Gasteiger partial charge in [-0.3, -0.25) is 0 Å². The molecule has 1 aromatic carbocycles. The Morgan fingerprint density at radius 3 is 2.67 bits per heavy atom. The molecule has 3 rings (SSSR count). The summed E-state index contributed by atoms with van der Waals surface area (Å²) in [6.45, 7) is 9.28. The van der Waals surface area contributed by atoms with Gasteiger partial charge in [0.2, 0.25) is 0 Å². The third kappa shape index (κ3) is 3.81. The number of anilines is 3. The van der Waals surface area contributed by atoms with Gasteiger partial charge in [-0.05, 0) is 31.7 Å². The molecule has 1 saturated heterocycles. The van der Waals surface area contributed by atoms with E-state index in [2.05, 4.69) is 38.1 Å². The van der Waals surface area contributed by atoms with Gasteiger partial charge in [-0.15, -0.1) is 0 Å². The SMILES string of the molecule is CCN1CCN(c2cc(Nc3cccc(C#N)c3)nc(C)n2)CC1. The van der Waals surface area contributed by atoms with Crippen LogP contribution in [-0.4, -0.2) is 47.6 Å². The van der Waals surface area contributed by atoms with Crippen molar-refractivity contribution in [2.45, 2.75) is 13.8 Å². The summed E-state index contributed by atoms with van der Waals surface area (Å²) in [7, 11) is 0. The highest BCUT2D eigenvalue weighted by atomic mass is 15.3. The Kier molecular flexibility index (Phi) is 4.92. The summed E-state index contributed by atoms with van der Waals surface area (Å²) in [5.41, 5.74) is 1.48. The van der Waals surface area contributed by atoms with Gasteiger partial charge >= 0.3 is 0 Å². The van der Waals surface area contributed by atoms with Gasteiger partial charge in [0.05, 0.1) is 11.6 Å². The third-order valence-corrected chi connectivity index (χ3v) is 4.23. The van der Waals surface area contributed by atoms with Crippen LogP contribution in [0.3, 0.4) is 0 Å². The molecule has 1 fully saturated rings. The molecule has 0 amide bonds. The Hall–Kier alpha value is -2.65. The molecule has 1 aliphatic rings. The minimum Gasteiger partial charge on any atom is -0.354 e. The zero-order valence-electron chi connectivity index (χ0n) is 14.2. The van der Waals surface area contributed by atoms with Gasteiger partial charge in [0.1, 0.15) is 17.5 Å². The Bertz CT molecular complexity index is 743. The lowest BCUT2D eigenvalue weighted by atomic mass is 10.2. The van der Waals surface area contributed by atoms with E-state index in [0.717, 1.165) is 55.9 Å². The standard InChI is InChI=1S/C18H22N6/c1-3-23-7-9-24(10-8-23)18-12-17(20-14(2)21-18)22-16-6-4-5-15(11-16)13-19/h4-6,11-12H,3,7-10H2,1-2H3,(H,20,21,22). The normalized spacial score (nSPS) is 15.1. The quantitative estimate of drug-likeness (QED) is 0.933. The van der Waals surface area contributed by atoms with Crippen molar-refractivity contribution in [2.24, 2.45) is 0 Å². The highest BCUT2D eigenvalue weighted by molar-refractivity contribution is 5.61. The summed E-state index contributed by atoms with van der Waals surface area (Å²) in [5.74, 6) is 2.45. The lowest BCUT2D eigenvalue weighted by Gasteiger charge is -2.34. The van der Waals surface area contributed by atoms with Gasteiger partial charge in [0.25, 0.3) is 0 Å². The number of nitrogens with zero attached hydrogens (tertiary/aromatic N) is 5. The van der Waals surface area contributed by atoms with E-state index in [1.807, 2.05) is 31.2 Å². The summed E-state index contributed by atoms with van der Waals surface area (Å²) >= 11 is 0. The fourth-order valence-corrected chi connectivity index (χ4v) is 2.89. The smallest absolute Gasteiger partial charge is 0.136 e. The molecule has 0 radical (unpaired) electrons. The number of aromatic nitrogens is 2. The Balaban J connectivity index is 1.78. The second kappa shape index (κ2) is 7.28. The van der Waals surface area contributed by atoms with Crippen molar-refractivity contribution in [2.75, 3.05) is 42.9 Å². The van der Waals surface area contributed by atoms with Crippen LogP contribution in [0.25, 0.3) is 0 Å². The van der Waals surface area contributed by atoms with E-state index in [9.17, 15) is 0 Å². The van der Waals surface area contributed by atoms with Crippen LogP contribution in [0.1, 0.15) is 18.3 Å². The minimum atomic E-state index is 0.627. The molecule has 1 aromatic heterocycles. The van der Waals surface area contributed by atoms with Gasteiger partial charge in [-0.25, -0.2) is 9.97 Å². The molecule has 1 N–H and O–H groups in total. The number of likely N-dealkylation sites (N-methyl/N-ethyl adjacent to an activating group) is 1. The second-order valence-corrected chi connectivity index (χ2v) is 5.90. The molecule has 0 bridgehead atoms. The molecule has 2 heterocycles. The average molecular weight is 322 g/mol. The predicted molar refractivity (Wildman–Crippen MR) is 95.5 cm³/mol. The van der Waals surface area contributed by atoms with Crippen LogP contribution in [-0.2, 0) is 0 Å². The summed E-state index contributed by atoms with van der Waals surface area (Å²) in [5, 5.41) is 12.3. The molecule has 0 atom stereocenters. The Labute approximate surface area is 142 Å². The van der Waals surface area contributed by atoms with Crippen molar-refractivity contribution in [3.8, 4) is 6.07 Å². The van der Waals surface area contributed by atoms with Gasteiger partial charge < -0.3 is 15.1 Å². The topological polar surface area (TPSA) is 68.1 Å². The molecular weight excluding hydrogens is 300 g/mol. The molecular formula is C18H22N6. The van der Waals surface area contributed by atoms with E-state index in [0.29, 0.717) is 5.56 Å². The lowest BCUT2D eigenvalue weighted by Crippen LogP contribution is -2.46. The average Bonchev–Trinajstić information content (AvgIpc) is 2.61. The first-order valence-corrected chi connectivity index (χ1v) is 8.28. The lowest BCUT2D eigenvalue weighted by molar-refractivity contribution is 0.270. The van der Waals surface area contributed by atoms with Crippen molar-refractivity contribution in [3.63, 3.8) is 0 Å². The molecule has 1 aliphatic heterocycles. The molecule has 2 aromatic rings. The summed E-state index contributed by atoms with van der Waals surface area (Å²) in [6, 6.07) is 11.5. The number of hydrogen-bond donors (Lipinski definition) is 1. The number of nitriles is 1. The number of nitrogens with one attached hydrogen (secondary N) is 1. The highest BCUT2D eigenvalue weighted by Gasteiger charge is 2.17. The predicted octanol–water partition coefficient (Wildman–Crippen LogP) is 2.54. The summed E-state index contributed by atoms with van der Waals surface area (Å²) < 4.78 is 0. The number of piperazine rings is 1. The molecule has 0 spiro atoms. The van der Waals surface area contributed by atoms with Gasteiger partial charge in [-0.2, -0.15) is 5.26 Å². The molecule has 0 saturated carbocycles. The first-order chi connectivity index (χ1) is 11.7. The van der Waals surface area contributed by atoms with E-state index < -0.39 is 0 Å². The van der Waals surface area contributed by atoms with Crippen LogP contribution in [0, 0.1) is 18.3 Å². The van der Waals surface area contributed by atoms with Crippen molar-refractivity contribution >= 4 is 17.3 Å². The van der Waals surface area contributed by atoms with Crippen LogP contribution < -0.4 is 10.2 Å². The Morgan fingerprint density at radius 2 is 1.96 bits per heavy atom. The minimum absolute atomic E-state index is 0.627. The molecule has 24 heavy (non-hydrogen) atoms. The van der Waals surface area contributed by atoms with E-state index in [1.54, 1.807) is 6.07 Å². The highest BCUT2D eigenvalue weighted by Crippen LogP contribution is 2.21. The molecule has 124 valence electrons. The van der Waals surface area contributed by atoms with Gasteiger partial charge in [-0.1, -0.05) is 13.0 Å². The zero-order chi connectivity index (χ0) is 16.9. The van der Waals surface area contributed by atoms with E-state index in [-0.39, 0.29) is 0 Å². The van der Waals surface area contributed by atoms with Crippen LogP contribution in [0.4, 0.5) is 17.3 Å². The van der Waals surface area contributed by atoms with Gasteiger partial charge in [0.15, 0.2) is 0 Å². The number of hydrogen-bond acceptors (Lipinski definition) is 6. The van der Waals surface area contributed by atoms with Crippen LogP contribution in [0.5, 0.6) is 0 Å². The fourth-order valence-electron chi connectivity index (χ4n) is 2.89. The van der Waals surface area contributed by atoms with Crippen LogP contribution in [0.2, 0.25) is 0 Å². The van der Waals surface area contributed by atoms with Crippen molar-refractivity contribution in [1.82, 2.24) is 14.9 Å². The maximum absolute atomic E-state index is 9.01. The van der Waals surface area contributed by atoms with E-state index in [4.69, 9.17) is 5.26 Å². The third-order valence-electron chi connectivity index (χ3n) is 4.23. The Morgan fingerprint density at radius 1 is 1.17 bits per heavy atom. The van der Waals surface area contributed by atoms with Crippen molar-refractivity contribution in [3.05, 3.63) is 41.7 Å². The second-order valence-electron chi connectivity index (χ2n) is 5.90. The zero-order valence-corrected chi connectivity index (χ0v) is 14.2. The maximum atomic E-state index is 9.01. The van der Waals surface area contributed by atoms with Crippen molar-refractivity contribution < 1.29 is 0 Å². The molecule has 0 unspecified atom stereocenters. The number of benzene rings is 1. The van der Waals surface area contributed by atoms with E-state index >= 15 is 0 Å². The largest absolute Gasteiger partial charge is 0.354 e. The molecule has 0 aliphatic carbocycles. The first kappa shape index (κ1) is 16.2. The van der Waals surface area contributed by atoms with E-state index in [1.165, 1.54) is 0 Å². The monoisotopic (exact) mass is 322 g/mol. The maximum Gasteiger partial charge on any atom is 0.136 e. The van der Waals surface area contributed by atoms with Crippen LogP contribution in [0.15, 0.2) is 30.3 Å². The van der Waals surface area contributed by atoms with Crippen LogP contribution >= 0.6 is 0 Å². The first-order valence-electron chi connectivity index (χ1n) is 8.28. The number of rotatable bonds is 4. The van der Waals surface area contributed by atoms with Gasteiger partial charge in [0, 0.05) is 37.9 Å². The number of aryl methyl sites for hydroxylation is 1. The van der Waals surface area contributed by atoms with Crippen molar-refractivity contribution in [1.29, 1.82) is 5.26 Å². The molecule has 6 heteroatoms. The molecule has 6 nitrogen and oxygen atoms in total. The fraction of sp³-hybridized carbons (Fsp3) is 0.389. The summed E-state index contributed by atoms with van der Waals surface area (Å²) in [6.07, 6.45) is 0.